The lowest BCUT2D eigenvalue weighted by atomic mass is 10.0. The number of hydrogen-bond donors (Lipinski definition) is 1. The Morgan fingerprint density at radius 2 is 1.67 bits per heavy atom. The molecule has 0 amide bonds. The van der Waals surface area contributed by atoms with Gasteiger partial charge < -0.3 is 10.1 Å². The largest absolute Gasteiger partial charge is 0.489 e. The first-order valence-electron chi connectivity index (χ1n) is 7.59. The van der Waals surface area contributed by atoms with Gasteiger partial charge in [-0.2, -0.15) is 0 Å². The molecule has 0 spiro atoms. The van der Waals surface area contributed by atoms with E-state index in [1.807, 2.05) is 19.2 Å². The highest BCUT2D eigenvalue weighted by atomic mass is 16.5. The van der Waals surface area contributed by atoms with Gasteiger partial charge in [-0.15, -0.1) is 0 Å². The van der Waals surface area contributed by atoms with Crippen LogP contribution in [0, 0.1) is 0 Å². The molecule has 2 heteroatoms. The maximum Gasteiger partial charge on any atom is 0.120 e. The molecule has 0 aliphatic carbocycles. The van der Waals surface area contributed by atoms with Gasteiger partial charge >= 0.3 is 0 Å². The van der Waals surface area contributed by atoms with E-state index in [0.29, 0.717) is 18.6 Å². The summed E-state index contributed by atoms with van der Waals surface area (Å²) in [6.07, 6.45) is 0. The third-order valence-electron chi connectivity index (χ3n) is 3.84. The van der Waals surface area contributed by atoms with E-state index in [9.17, 15) is 0 Å². The minimum absolute atomic E-state index is 0.332. The Balaban J connectivity index is 1.99. The second kappa shape index (κ2) is 7.28. The molecule has 0 aliphatic heterocycles. The van der Waals surface area contributed by atoms with Crippen LogP contribution in [0.4, 0.5) is 0 Å². The average Bonchev–Trinajstić information content (AvgIpc) is 2.52. The van der Waals surface area contributed by atoms with E-state index < -0.39 is 0 Å². The van der Waals surface area contributed by atoms with Crippen molar-refractivity contribution in [1.82, 2.24) is 5.32 Å². The number of benzene rings is 2. The van der Waals surface area contributed by atoms with Crippen LogP contribution in [0.25, 0.3) is 0 Å². The lowest BCUT2D eigenvalue weighted by Gasteiger charge is -2.13. The summed E-state index contributed by atoms with van der Waals surface area (Å²) in [5, 5.41) is 3.24. The Labute approximate surface area is 128 Å². The highest BCUT2D eigenvalue weighted by Gasteiger charge is 2.04. The van der Waals surface area contributed by atoms with Crippen molar-refractivity contribution in [2.24, 2.45) is 0 Å². The van der Waals surface area contributed by atoms with Gasteiger partial charge in [-0.25, -0.2) is 0 Å². The first-order chi connectivity index (χ1) is 10.1. The van der Waals surface area contributed by atoms with Gasteiger partial charge in [0.2, 0.25) is 0 Å². The lowest BCUT2D eigenvalue weighted by molar-refractivity contribution is 0.305. The monoisotopic (exact) mass is 283 g/mol. The smallest absolute Gasteiger partial charge is 0.120 e. The molecule has 0 bridgehead atoms. The molecule has 2 aromatic carbocycles. The first kappa shape index (κ1) is 15.6. The summed E-state index contributed by atoms with van der Waals surface area (Å²) in [5.74, 6) is 1.49. The van der Waals surface area contributed by atoms with Crippen LogP contribution in [0.15, 0.2) is 48.5 Å². The van der Waals surface area contributed by atoms with Crippen LogP contribution in [-0.2, 0) is 6.61 Å². The molecule has 0 fully saturated rings. The summed E-state index contributed by atoms with van der Waals surface area (Å²) in [5.41, 5.74) is 3.81. The quantitative estimate of drug-likeness (QED) is 0.832. The SMILES string of the molecule is CNC(C)c1cccc(OCc2ccc(C(C)C)cc2)c1. The van der Waals surface area contributed by atoms with Gasteiger partial charge in [0.05, 0.1) is 0 Å². The molecule has 112 valence electrons. The molecule has 0 aromatic heterocycles. The molecule has 2 rings (SSSR count). The van der Waals surface area contributed by atoms with Crippen LogP contribution in [0.1, 0.15) is 49.4 Å². The fourth-order valence-electron chi connectivity index (χ4n) is 2.21. The Morgan fingerprint density at radius 3 is 2.29 bits per heavy atom. The zero-order chi connectivity index (χ0) is 15.2. The predicted octanol–water partition coefficient (Wildman–Crippen LogP) is 4.67. The van der Waals surface area contributed by atoms with E-state index >= 15 is 0 Å². The normalized spacial score (nSPS) is 12.4. The van der Waals surface area contributed by atoms with Crippen LogP contribution < -0.4 is 10.1 Å². The summed E-state index contributed by atoms with van der Waals surface area (Å²) < 4.78 is 5.90. The van der Waals surface area contributed by atoms with E-state index in [1.54, 1.807) is 0 Å². The number of hydrogen-bond acceptors (Lipinski definition) is 2. The summed E-state index contributed by atoms with van der Waals surface area (Å²) in [6.45, 7) is 7.17. The van der Waals surface area contributed by atoms with Gasteiger partial charge in [0.15, 0.2) is 0 Å². The fourth-order valence-corrected chi connectivity index (χ4v) is 2.21. The minimum Gasteiger partial charge on any atom is -0.489 e. The lowest BCUT2D eigenvalue weighted by Crippen LogP contribution is -2.12. The van der Waals surface area contributed by atoms with Gasteiger partial charge in [-0.1, -0.05) is 50.2 Å². The Hall–Kier alpha value is -1.80. The van der Waals surface area contributed by atoms with E-state index in [1.165, 1.54) is 16.7 Å². The van der Waals surface area contributed by atoms with Crippen LogP contribution in [0.5, 0.6) is 5.75 Å². The second-order valence-electron chi connectivity index (χ2n) is 5.77. The zero-order valence-corrected chi connectivity index (χ0v) is 13.4. The van der Waals surface area contributed by atoms with E-state index in [4.69, 9.17) is 4.74 Å². The molecular formula is C19H25NO. The molecule has 2 nitrogen and oxygen atoms in total. The van der Waals surface area contributed by atoms with E-state index in [0.717, 1.165) is 5.75 Å². The van der Waals surface area contributed by atoms with Gasteiger partial charge in [-0.3, -0.25) is 0 Å². The predicted molar refractivity (Wildman–Crippen MR) is 88.8 cm³/mol. The van der Waals surface area contributed by atoms with E-state index in [2.05, 4.69) is 62.5 Å². The molecule has 0 radical (unpaired) electrons. The van der Waals surface area contributed by atoms with Crippen molar-refractivity contribution in [3.05, 3.63) is 65.2 Å². The molecule has 1 atom stereocenters. The molecule has 0 heterocycles. The molecule has 0 saturated heterocycles. The maximum absolute atomic E-state index is 5.90. The van der Waals surface area contributed by atoms with Crippen molar-refractivity contribution in [1.29, 1.82) is 0 Å². The highest BCUT2D eigenvalue weighted by Crippen LogP contribution is 2.20. The first-order valence-corrected chi connectivity index (χ1v) is 7.59. The molecule has 0 aliphatic rings. The van der Waals surface area contributed by atoms with Crippen molar-refractivity contribution < 1.29 is 4.74 Å². The Bertz CT molecular complexity index is 560. The zero-order valence-electron chi connectivity index (χ0n) is 13.4. The summed E-state index contributed by atoms with van der Waals surface area (Å²) in [4.78, 5) is 0. The Kier molecular flexibility index (Phi) is 5.40. The van der Waals surface area contributed by atoms with Gasteiger partial charge in [-0.05, 0) is 48.7 Å². The third-order valence-corrected chi connectivity index (χ3v) is 3.84. The van der Waals surface area contributed by atoms with Gasteiger partial charge in [0.1, 0.15) is 12.4 Å². The van der Waals surface area contributed by atoms with Crippen LogP contribution in [-0.4, -0.2) is 7.05 Å². The number of rotatable bonds is 6. The topological polar surface area (TPSA) is 21.3 Å². The van der Waals surface area contributed by atoms with Gasteiger partial charge in [0.25, 0.3) is 0 Å². The number of ether oxygens (including phenoxy) is 1. The molecular weight excluding hydrogens is 258 g/mol. The standard InChI is InChI=1S/C19H25NO/c1-14(2)17-10-8-16(9-11-17)13-21-19-7-5-6-18(12-19)15(3)20-4/h5-12,14-15,20H,13H2,1-4H3. The second-order valence-corrected chi connectivity index (χ2v) is 5.77. The Morgan fingerprint density at radius 1 is 0.952 bits per heavy atom. The third kappa shape index (κ3) is 4.33. The number of nitrogens with one attached hydrogen (secondary N) is 1. The molecule has 21 heavy (non-hydrogen) atoms. The summed E-state index contributed by atoms with van der Waals surface area (Å²) in [7, 11) is 1.97. The van der Waals surface area contributed by atoms with Crippen LogP contribution in [0.3, 0.4) is 0 Å². The van der Waals surface area contributed by atoms with E-state index in [-0.39, 0.29) is 0 Å². The van der Waals surface area contributed by atoms with Crippen molar-refractivity contribution in [3.8, 4) is 5.75 Å². The van der Waals surface area contributed by atoms with Crippen LogP contribution in [0.2, 0.25) is 0 Å². The van der Waals surface area contributed by atoms with Crippen molar-refractivity contribution in [3.63, 3.8) is 0 Å². The minimum atomic E-state index is 0.332. The molecule has 1 N–H and O–H groups in total. The fraction of sp³-hybridized carbons (Fsp3) is 0.368. The molecule has 1 unspecified atom stereocenters. The van der Waals surface area contributed by atoms with Crippen molar-refractivity contribution >= 4 is 0 Å². The van der Waals surface area contributed by atoms with Crippen LogP contribution >= 0.6 is 0 Å². The van der Waals surface area contributed by atoms with Gasteiger partial charge in [0, 0.05) is 6.04 Å². The maximum atomic E-state index is 5.90. The summed E-state index contributed by atoms with van der Waals surface area (Å²) in [6, 6.07) is 17.3. The van der Waals surface area contributed by atoms with Crippen molar-refractivity contribution in [2.45, 2.75) is 39.3 Å². The summed E-state index contributed by atoms with van der Waals surface area (Å²) >= 11 is 0. The highest BCUT2D eigenvalue weighted by molar-refractivity contribution is 5.31. The molecule has 0 saturated carbocycles. The molecule has 2 aromatic rings. The van der Waals surface area contributed by atoms with Crippen molar-refractivity contribution in [2.75, 3.05) is 7.05 Å². The average molecular weight is 283 g/mol.